The van der Waals surface area contributed by atoms with Crippen LogP contribution in [-0.4, -0.2) is 39.5 Å². The molecule has 8 nitrogen and oxygen atoms in total. The molecule has 0 aliphatic carbocycles. The number of amides is 1. The number of nitrogens with one attached hydrogen (secondary N) is 1. The van der Waals surface area contributed by atoms with E-state index in [4.69, 9.17) is 15.4 Å². The molecule has 1 amide bonds. The minimum Gasteiger partial charge on any atom is -0.472 e. The third kappa shape index (κ3) is 5.56. The zero-order valence-corrected chi connectivity index (χ0v) is 11.9. The second-order valence-corrected chi connectivity index (χ2v) is 4.49. The van der Waals surface area contributed by atoms with Gasteiger partial charge in [0.2, 0.25) is 0 Å². The van der Waals surface area contributed by atoms with Crippen LogP contribution in [0.15, 0.2) is 30.3 Å². The van der Waals surface area contributed by atoms with E-state index in [0.717, 1.165) is 5.56 Å². The van der Waals surface area contributed by atoms with Crippen molar-refractivity contribution in [2.24, 2.45) is 0 Å². The molecule has 8 heteroatoms. The van der Waals surface area contributed by atoms with E-state index in [9.17, 15) is 14.4 Å². The number of carboxylic acids is 1. The van der Waals surface area contributed by atoms with Crippen molar-refractivity contribution in [3.05, 3.63) is 41.4 Å². The van der Waals surface area contributed by atoms with Crippen LogP contribution < -0.4 is 5.32 Å². The van der Waals surface area contributed by atoms with Crippen LogP contribution in [0.3, 0.4) is 0 Å². The summed E-state index contributed by atoms with van der Waals surface area (Å²) >= 11 is 0. The number of carbonyl (C=O) groups is 3. The minimum absolute atomic E-state index is 0.0752. The van der Waals surface area contributed by atoms with Crippen LogP contribution in [0.1, 0.15) is 18.9 Å². The Morgan fingerprint density at radius 2 is 1.95 bits per heavy atom. The Morgan fingerprint density at radius 3 is 2.50 bits per heavy atom. The second-order valence-electron chi connectivity index (χ2n) is 4.49. The monoisotopic (exact) mass is 305 g/mol. The summed E-state index contributed by atoms with van der Waals surface area (Å²) < 4.78 is 4.96. The average Bonchev–Trinajstić information content (AvgIpc) is 2.46. The third-order valence-electron chi connectivity index (χ3n) is 2.64. The molecule has 0 spiro atoms. The summed E-state index contributed by atoms with van der Waals surface area (Å²) in [5.41, 5.74) is 8.27. The number of ketones is 1. The van der Waals surface area contributed by atoms with E-state index in [2.05, 4.69) is 10.1 Å². The van der Waals surface area contributed by atoms with Gasteiger partial charge in [0.25, 0.3) is 5.78 Å². The standard InChI is InChI=1S/C14H15N3O5/c1-9(7-11(18)12(17-15)13(19)20)16-14(21)22-8-10-5-3-2-4-6-10/h2-6,9H,7-8H2,1H3,(H,16,21)(H,19,20)/t9-/m1/s1. The van der Waals surface area contributed by atoms with Gasteiger partial charge in [-0.15, -0.1) is 0 Å². The molecule has 2 N–H and O–H groups in total. The largest absolute Gasteiger partial charge is 0.472 e. The van der Waals surface area contributed by atoms with Gasteiger partial charge in [0.05, 0.1) is 0 Å². The van der Waals surface area contributed by atoms with Gasteiger partial charge < -0.3 is 20.7 Å². The molecule has 1 aromatic carbocycles. The maximum absolute atomic E-state index is 11.5. The van der Waals surface area contributed by atoms with Crippen molar-refractivity contribution >= 4 is 23.6 Å². The number of alkyl carbamates (subject to hydrolysis) is 1. The number of carbonyl (C=O) groups excluding carboxylic acids is 2. The Bertz CT molecular complexity index is 608. The number of rotatable bonds is 7. The molecule has 0 aromatic heterocycles. The van der Waals surface area contributed by atoms with Crippen LogP contribution in [0.5, 0.6) is 0 Å². The first-order chi connectivity index (χ1) is 10.4. The van der Waals surface area contributed by atoms with E-state index in [1.807, 2.05) is 6.07 Å². The lowest BCUT2D eigenvalue weighted by Crippen LogP contribution is -2.37. The van der Waals surface area contributed by atoms with Crippen LogP contribution in [0.2, 0.25) is 0 Å². The number of nitrogens with zero attached hydrogens (tertiary/aromatic N) is 2. The van der Waals surface area contributed by atoms with Crippen molar-refractivity contribution in [3.63, 3.8) is 0 Å². The fourth-order valence-corrected chi connectivity index (χ4v) is 1.61. The van der Waals surface area contributed by atoms with Crippen molar-refractivity contribution in [1.82, 2.24) is 5.32 Å². The number of aliphatic carboxylic acids is 1. The maximum Gasteiger partial charge on any atom is 0.441 e. The molecule has 22 heavy (non-hydrogen) atoms. The highest BCUT2D eigenvalue weighted by atomic mass is 16.5. The average molecular weight is 305 g/mol. The Kier molecular flexibility index (Phi) is 6.46. The van der Waals surface area contributed by atoms with Gasteiger partial charge >= 0.3 is 17.8 Å². The number of hydrogen-bond acceptors (Lipinski definition) is 4. The summed E-state index contributed by atoms with van der Waals surface area (Å²) in [5.74, 6) is -2.53. The fourth-order valence-electron chi connectivity index (χ4n) is 1.61. The number of carboxylic acid groups (broad SMARTS) is 1. The van der Waals surface area contributed by atoms with E-state index in [-0.39, 0.29) is 13.0 Å². The van der Waals surface area contributed by atoms with E-state index in [1.54, 1.807) is 24.3 Å². The quantitative estimate of drug-likeness (QED) is 0.336. The topological polar surface area (TPSA) is 129 Å². The van der Waals surface area contributed by atoms with Gasteiger partial charge in [-0.05, 0) is 12.5 Å². The summed E-state index contributed by atoms with van der Waals surface area (Å²) in [5, 5.41) is 11.0. The van der Waals surface area contributed by atoms with Gasteiger partial charge in [-0.3, -0.25) is 4.79 Å². The van der Waals surface area contributed by atoms with Crippen molar-refractivity contribution in [2.75, 3.05) is 0 Å². The molecule has 0 saturated carbocycles. The number of hydrogen-bond donors (Lipinski definition) is 2. The molecular weight excluding hydrogens is 290 g/mol. The van der Waals surface area contributed by atoms with E-state index < -0.39 is 29.6 Å². The number of ether oxygens (including phenoxy) is 1. The first-order valence-electron chi connectivity index (χ1n) is 6.39. The molecular formula is C14H15N3O5. The molecule has 0 unspecified atom stereocenters. The Balaban J connectivity index is 2.43. The molecule has 0 saturated heterocycles. The summed E-state index contributed by atoms with van der Waals surface area (Å²) in [6, 6.07) is 8.35. The van der Waals surface area contributed by atoms with Gasteiger partial charge in [0, 0.05) is 12.5 Å². The summed E-state index contributed by atoms with van der Waals surface area (Å²) in [7, 11) is 0. The van der Waals surface area contributed by atoms with Crippen LogP contribution in [0.25, 0.3) is 5.53 Å². The number of benzene rings is 1. The molecule has 0 fully saturated rings. The Hall–Kier alpha value is -2.99. The van der Waals surface area contributed by atoms with Crippen LogP contribution in [0, 0.1) is 0 Å². The van der Waals surface area contributed by atoms with Crippen LogP contribution >= 0.6 is 0 Å². The molecule has 0 aliphatic heterocycles. The van der Waals surface area contributed by atoms with Crippen LogP contribution in [-0.2, 0) is 20.9 Å². The van der Waals surface area contributed by atoms with E-state index in [1.165, 1.54) is 6.92 Å². The van der Waals surface area contributed by atoms with Crippen molar-refractivity contribution in [1.29, 1.82) is 0 Å². The maximum atomic E-state index is 11.5. The fraction of sp³-hybridized carbons (Fsp3) is 0.286. The molecule has 1 aromatic rings. The lowest BCUT2D eigenvalue weighted by atomic mass is 10.1. The second kappa shape index (κ2) is 8.33. The SMILES string of the molecule is C[C@H](CC(=O)C(=[N+]=[N-])C(=O)O)NC(=O)OCc1ccccc1. The normalized spacial score (nSPS) is 11.0. The number of Topliss-reactive ketones (excluding diaryl/α,β-unsaturated/α-hetero) is 1. The first kappa shape index (κ1) is 17.1. The predicted molar refractivity (Wildman–Crippen MR) is 75.1 cm³/mol. The van der Waals surface area contributed by atoms with Gasteiger partial charge in [-0.25, -0.2) is 9.59 Å². The zero-order valence-electron chi connectivity index (χ0n) is 11.9. The third-order valence-corrected chi connectivity index (χ3v) is 2.64. The lowest BCUT2D eigenvalue weighted by molar-refractivity contribution is -0.136. The van der Waals surface area contributed by atoms with Gasteiger partial charge in [-0.1, -0.05) is 30.3 Å². The summed E-state index contributed by atoms with van der Waals surface area (Å²) in [6.07, 6.45) is -1.06. The lowest BCUT2D eigenvalue weighted by Gasteiger charge is -2.12. The molecule has 1 rings (SSSR count). The van der Waals surface area contributed by atoms with E-state index in [0.29, 0.717) is 0 Å². The summed E-state index contributed by atoms with van der Waals surface area (Å²) in [4.78, 5) is 36.1. The van der Waals surface area contributed by atoms with Crippen molar-refractivity contribution in [3.8, 4) is 0 Å². The molecule has 0 radical (unpaired) electrons. The highest BCUT2D eigenvalue weighted by Gasteiger charge is 2.30. The molecule has 0 bridgehead atoms. The first-order valence-corrected chi connectivity index (χ1v) is 6.39. The smallest absolute Gasteiger partial charge is 0.441 e. The molecule has 1 atom stereocenters. The zero-order chi connectivity index (χ0) is 16.5. The Morgan fingerprint density at radius 1 is 1.32 bits per heavy atom. The summed E-state index contributed by atoms with van der Waals surface area (Å²) in [6.45, 7) is 1.57. The van der Waals surface area contributed by atoms with Gasteiger partial charge in [-0.2, -0.15) is 4.79 Å². The van der Waals surface area contributed by atoms with Crippen LogP contribution in [0.4, 0.5) is 4.79 Å². The molecule has 0 aliphatic rings. The molecule has 116 valence electrons. The van der Waals surface area contributed by atoms with Gasteiger partial charge in [0.15, 0.2) is 0 Å². The highest BCUT2D eigenvalue weighted by molar-refractivity contribution is 6.61. The Labute approximate surface area is 126 Å². The van der Waals surface area contributed by atoms with Crippen molar-refractivity contribution in [2.45, 2.75) is 26.0 Å². The van der Waals surface area contributed by atoms with Gasteiger partial charge in [0.1, 0.15) is 6.61 Å². The van der Waals surface area contributed by atoms with E-state index >= 15 is 0 Å². The predicted octanol–water partition coefficient (Wildman–Crippen LogP) is 1.02. The minimum atomic E-state index is -1.63. The van der Waals surface area contributed by atoms with Crippen molar-refractivity contribution < 1.29 is 29.0 Å². The molecule has 0 heterocycles. The highest BCUT2D eigenvalue weighted by Crippen LogP contribution is 2.01.